The van der Waals surface area contributed by atoms with Crippen LogP contribution in [0.15, 0.2) is 70.5 Å². The molecule has 2 aliphatic rings. The monoisotopic (exact) mass is 596 g/mol. The van der Waals surface area contributed by atoms with Gasteiger partial charge in [-0.1, -0.05) is 50.8 Å². The molecule has 1 fully saturated rings. The third-order valence-electron chi connectivity index (χ3n) is 7.97. The van der Waals surface area contributed by atoms with Crippen molar-refractivity contribution in [3.8, 4) is 0 Å². The van der Waals surface area contributed by atoms with Crippen molar-refractivity contribution in [2.45, 2.75) is 62.0 Å². The number of carbonyl (C=O) groups is 1. The molecule has 4 heterocycles. The van der Waals surface area contributed by atoms with Crippen LogP contribution in [-0.4, -0.2) is 67.3 Å². The number of rotatable bonds is 12. The summed E-state index contributed by atoms with van der Waals surface area (Å²) in [6, 6.07) is 14.2. The van der Waals surface area contributed by atoms with Crippen molar-refractivity contribution in [1.29, 1.82) is 0 Å². The minimum Gasteiger partial charge on any atom is -0.340 e. The molecule has 0 bridgehead atoms. The van der Waals surface area contributed by atoms with E-state index < -0.39 is 21.9 Å². The zero-order chi connectivity index (χ0) is 28.9. The Kier molecular flexibility index (Phi) is 9.28. The van der Waals surface area contributed by atoms with E-state index in [9.17, 15) is 13.2 Å². The number of fused-ring (bicyclic) bond motifs is 1. The van der Waals surface area contributed by atoms with Crippen LogP contribution in [0.1, 0.15) is 51.5 Å². The number of nitrogens with one attached hydrogen (secondary N) is 2. The van der Waals surface area contributed by atoms with Crippen molar-refractivity contribution in [1.82, 2.24) is 19.5 Å². The summed E-state index contributed by atoms with van der Waals surface area (Å²) in [6.07, 6.45) is 9.21. The molecule has 2 aromatic heterocycles. The molecule has 2 aliphatic heterocycles. The van der Waals surface area contributed by atoms with Gasteiger partial charge in [-0.25, -0.2) is 8.42 Å². The standard InChI is InChI=1S/C30H40N6O3S2/c1-3-5-6-7-10-18-34-19-20-36(41(38,39)28-16-12-21-40-28)27(23-34)29(37)33-30(24-13-11-17-31-22-24)32-25-14-8-9-15-26(25)35(30)4-2/h8-9,11-17,21-22,27,32H,3-7,10,18-20,23H2,1-2H3,(H,33,37). The van der Waals surface area contributed by atoms with Gasteiger partial charge in [-0.15, -0.1) is 11.3 Å². The molecule has 220 valence electrons. The number of para-hydroxylation sites is 2. The number of sulfonamides is 1. The number of thiophene rings is 1. The largest absolute Gasteiger partial charge is 0.340 e. The van der Waals surface area contributed by atoms with E-state index >= 15 is 0 Å². The molecule has 41 heavy (non-hydrogen) atoms. The second-order valence-electron chi connectivity index (χ2n) is 10.6. The zero-order valence-electron chi connectivity index (χ0n) is 23.8. The fourth-order valence-electron chi connectivity index (χ4n) is 5.89. The summed E-state index contributed by atoms with van der Waals surface area (Å²) in [5.74, 6) is -1.46. The average molecular weight is 597 g/mol. The predicted molar refractivity (Wildman–Crippen MR) is 164 cm³/mol. The first kappa shape index (κ1) is 29.5. The van der Waals surface area contributed by atoms with Gasteiger partial charge in [0.15, 0.2) is 0 Å². The molecule has 1 aromatic carbocycles. The van der Waals surface area contributed by atoms with Crippen molar-refractivity contribution in [3.05, 3.63) is 71.9 Å². The van der Waals surface area contributed by atoms with E-state index in [-0.39, 0.29) is 16.7 Å². The van der Waals surface area contributed by atoms with Crippen LogP contribution in [0.25, 0.3) is 0 Å². The zero-order valence-corrected chi connectivity index (χ0v) is 25.5. The van der Waals surface area contributed by atoms with E-state index in [1.165, 1.54) is 34.9 Å². The van der Waals surface area contributed by atoms with Crippen LogP contribution < -0.4 is 15.5 Å². The molecular weight excluding hydrogens is 557 g/mol. The molecule has 11 heteroatoms. The first-order chi connectivity index (χ1) is 19.9. The van der Waals surface area contributed by atoms with Crippen LogP contribution in [-0.2, 0) is 20.6 Å². The molecule has 2 atom stereocenters. The molecule has 2 N–H and O–H groups in total. The number of carbonyl (C=O) groups excluding carboxylic acids is 1. The van der Waals surface area contributed by atoms with E-state index in [1.807, 2.05) is 43.3 Å². The Bertz CT molecular complexity index is 1400. The van der Waals surface area contributed by atoms with Gasteiger partial charge in [0, 0.05) is 44.1 Å². The fourth-order valence-corrected chi connectivity index (χ4v) is 8.58. The highest BCUT2D eigenvalue weighted by Gasteiger charge is 2.49. The van der Waals surface area contributed by atoms with Crippen LogP contribution >= 0.6 is 11.3 Å². The number of nitrogens with zero attached hydrogens (tertiary/aromatic N) is 4. The summed E-state index contributed by atoms with van der Waals surface area (Å²) in [6.45, 7) is 6.89. The number of hydrogen-bond acceptors (Lipinski definition) is 8. The summed E-state index contributed by atoms with van der Waals surface area (Å²) in [5.41, 5.74) is 2.61. The van der Waals surface area contributed by atoms with E-state index in [2.05, 4.69) is 32.3 Å². The van der Waals surface area contributed by atoms with Gasteiger partial charge in [-0.3, -0.25) is 14.7 Å². The lowest BCUT2D eigenvalue weighted by Gasteiger charge is -2.44. The predicted octanol–water partition coefficient (Wildman–Crippen LogP) is 4.67. The second-order valence-corrected chi connectivity index (χ2v) is 13.7. The highest BCUT2D eigenvalue weighted by Crippen LogP contribution is 2.43. The molecule has 5 rings (SSSR count). The number of benzene rings is 1. The summed E-state index contributed by atoms with van der Waals surface area (Å²) >= 11 is 1.18. The Labute approximate surface area is 247 Å². The fraction of sp³-hybridized carbons (Fsp3) is 0.467. The normalized spacial score (nSPS) is 21.4. The first-order valence-corrected chi connectivity index (χ1v) is 16.9. The van der Waals surface area contributed by atoms with Gasteiger partial charge in [0.05, 0.1) is 11.4 Å². The van der Waals surface area contributed by atoms with Crippen LogP contribution in [0.3, 0.4) is 0 Å². The Balaban J connectivity index is 1.46. The Hall–Kier alpha value is -2.99. The number of anilines is 2. The van der Waals surface area contributed by atoms with Gasteiger partial charge < -0.3 is 15.5 Å². The van der Waals surface area contributed by atoms with Crippen molar-refractivity contribution >= 4 is 38.6 Å². The quantitative estimate of drug-likeness (QED) is 0.294. The lowest BCUT2D eigenvalue weighted by atomic mass is 10.1. The lowest BCUT2D eigenvalue weighted by Crippen LogP contribution is -2.67. The smallest absolute Gasteiger partial charge is 0.253 e. The molecule has 3 aromatic rings. The Morgan fingerprint density at radius 3 is 2.63 bits per heavy atom. The number of hydrogen-bond donors (Lipinski definition) is 2. The maximum Gasteiger partial charge on any atom is 0.253 e. The molecule has 0 aliphatic carbocycles. The minimum absolute atomic E-state index is 0.256. The summed E-state index contributed by atoms with van der Waals surface area (Å²) in [4.78, 5) is 23.1. The highest BCUT2D eigenvalue weighted by molar-refractivity contribution is 7.91. The van der Waals surface area contributed by atoms with Gasteiger partial charge in [0.2, 0.25) is 11.7 Å². The van der Waals surface area contributed by atoms with Gasteiger partial charge in [-0.05, 0) is 55.6 Å². The molecule has 9 nitrogen and oxygen atoms in total. The highest BCUT2D eigenvalue weighted by atomic mass is 32.2. The van der Waals surface area contributed by atoms with Crippen molar-refractivity contribution in [2.75, 3.05) is 42.9 Å². The average Bonchev–Trinajstić information content (AvgIpc) is 3.65. The van der Waals surface area contributed by atoms with E-state index in [0.717, 1.165) is 36.3 Å². The second kappa shape index (κ2) is 12.9. The van der Waals surface area contributed by atoms with Crippen LogP contribution in [0.5, 0.6) is 0 Å². The Morgan fingerprint density at radius 2 is 1.90 bits per heavy atom. The third-order valence-corrected chi connectivity index (χ3v) is 11.3. The van der Waals surface area contributed by atoms with Gasteiger partial charge in [-0.2, -0.15) is 4.31 Å². The van der Waals surface area contributed by atoms with Crippen LogP contribution in [0.2, 0.25) is 0 Å². The number of unbranched alkanes of at least 4 members (excludes halogenated alkanes) is 4. The lowest BCUT2D eigenvalue weighted by molar-refractivity contribution is -0.128. The van der Waals surface area contributed by atoms with E-state index in [0.29, 0.717) is 19.6 Å². The topological polar surface area (TPSA) is 97.9 Å². The van der Waals surface area contributed by atoms with Crippen LogP contribution in [0.4, 0.5) is 11.4 Å². The molecular formula is C30H40N6O3S2. The van der Waals surface area contributed by atoms with Crippen molar-refractivity contribution in [2.24, 2.45) is 0 Å². The maximum atomic E-state index is 14.4. The van der Waals surface area contributed by atoms with Crippen molar-refractivity contribution in [3.63, 3.8) is 0 Å². The number of pyridine rings is 1. The van der Waals surface area contributed by atoms with Crippen molar-refractivity contribution < 1.29 is 13.2 Å². The molecule has 1 amide bonds. The van der Waals surface area contributed by atoms with E-state index in [1.54, 1.807) is 29.9 Å². The number of amides is 1. The first-order valence-electron chi connectivity index (χ1n) is 14.6. The third kappa shape index (κ3) is 5.99. The molecule has 1 saturated heterocycles. The molecule has 0 radical (unpaired) electrons. The van der Waals surface area contributed by atoms with Gasteiger partial charge >= 0.3 is 0 Å². The molecule has 2 unspecified atom stereocenters. The summed E-state index contributed by atoms with van der Waals surface area (Å²) < 4.78 is 29.2. The number of piperazine rings is 1. The van der Waals surface area contributed by atoms with Gasteiger partial charge in [0.1, 0.15) is 10.3 Å². The van der Waals surface area contributed by atoms with Gasteiger partial charge in [0.25, 0.3) is 10.0 Å². The maximum absolute atomic E-state index is 14.4. The van der Waals surface area contributed by atoms with E-state index in [4.69, 9.17) is 0 Å². The summed E-state index contributed by atoms with van der Waals surface area (Å²) in [5, 5.41) is 8.60. The summed E-state index contributed by atoms with van der Waals surface area (Å²) in [7, 11) is -3.84. The molecule has 0 saturated carbocycles. The SMILES string of the molecule is CCCCCCCN1CCN(S(=O)(=O)c2cccs2)C(C(=O)NC2(c3cccnc3)Nc3ccccc3N2CC)C1. The minimum atomic E-state index is -3.84. The number of aromatic nitrogens is 1. The van der Waals surface area contributed by atoms with Crippen LogP contribution in [0, 0.1) is 0 Å². The molecule has 0 spiro atoms. The Morgan fingerprint density at radius 1 is 1.07 bits per heavy atom.